The minimum absolute atomic E-state index is 0.0878. The van der Waals surface area contributed by atoms with E-state index in [1.54, 1.807) is 13.2 Å². The number of thioether (sulfide) groups is 1. The van der Waals surface area contributed by atoms with Gasteiger partial charge in [0.25, 0.3) is 0 Å². The molecule has 3 nitrogen and oxygen atoms in total. The lowest BCUT2D eigenvalue weighted by atomic mass is 10.1. The number of methoxy groups -OCH3 is 1. The SMILES string of the molecule is COc1ccc(CCSc2nc(C3CC3)cc(C(F)(F)F)c2C#N)cc1. The number of hydrogen-bond acceptors (Lipinski definition) is 4. The van der Waals surface area contributed by atoms with E-state index in [0.717, 1.165) is 30.2 Å². The second kappa shape index (κ2) is 7.58. The minimum Gasteiger partial charge on any atom is -0.497 e. The molecule has 7 heteroatoms. The van der Waals surface area contributed by atoms with E-state index in [9.17, 15) is 18.4 Å². The van der Waals surface area contributed by atoms with Gasteiger partial charge in [0.05, 0.1) is 18.2 Å². The molecular weight excluding hydrogens is 361 g/mol. The average molecular weight is 378 g/mol. The number of aromatic nitrogens is 1. The van der Waals surface area contributed by atoms with Crippen molar-refractivity contribution < 1.29 is 17.9 Å². The first-order valence-electron chi connectivity index (χ1n) is 8.20. The number of benzene rings is 1. The molecule has 26 heavy (non-hydrogen) atoms. The van der Waals surface area contributed by atoms with Gasteiger partial charge in [-0.1, -0.05) is 12.1 Å². The van der Waals surface area contributed by atoms with Gasteiger partial charge >= 0.3 is 6.18 Å². The normalized spacial score (nSPS) is 14.1. The maximum absolute atomic E-state index is 13.3. The van der Waals surface area contributed by atoms with E-state index in [1.165, 1.54) is 11.8 Å². The van der Waals surface area contributed by atoms with E-state index in [1.807, 2.05) is 24.3 Å². The molecular formula is C19H17F3N2OS. The van der Waals surface area contributed by atoms with Crippen LogP contribution >= 0.6 is 11.8 Å². The van der Waals surface area contributed by atoms with Gasteiger partial charge in [0.15, 0.2) is 0 Å². The molecule has 0 amide bonds. The molecule has 1 aliphatic carbocycles. The highest BCUT2D eigenvalue weighted by atomic mass is 32.2. The number of rotatable bonds is 6. The molecule has 0 radical (unpaired) electrons. The van der Waals surface area contributed by atoms with Crippen LogP contribution in [0.3, 0.4) is 0 Å². The van der Waals surface area contributed by atoms with Crippen molar-refractivity contribution >= 4 is 11.8 Å². The molecule has 0 saturated heterocycles. The quantitative estimate of drug-likeness (QED) is 0.649. The van der Waals surface area contributed by atoms with Crippen molar-refractivity contribution in [1.82, 2.24) is 4.98 Å². The van der Waals surface area contributed by atoms with Crippen molar-refractivity contribution in [2.24, 2.45) is 0 Å². The van der Waals surface area contributed by atoms with Gasteiger partial charge in [-0.2, -0.15) is 18.4 Å². The van der Waals surface area contributed by atoms with E-state index in [-0.39, 0.29) is 16.5 Å². The van der Waals surface area contributed by atoms with Gasteiger partial charge in [0.2, 0.25) is 0 Å². The lowest BCUT2D eigenvalue weighted by Gasteiger charge is -2.14. The molecule has 0 bridgehead atoms. The topological polar surface area (TPSA) is 45.9 Å². The summed E-state index contributed by atoms with van der Waals surface area (Å²) in [6.45, 7) is 0. The first-order valence-corrected chi connectivity index (χ1v) is 9.19. The van der Waals surface area contributed by atoms with E-state index < -0.39 is 11.7 Å². The van der Waals surface area contributed by atoms with Crippen molar-refractivity contribution in [2.75, 3.05) is 12.9 Å². The van der Waals surface area contributed by atoms with Crippen molar-refractivity contribution in [3.05, 3.63) is 52.7 Å². The average Bonchev–Trinajstić information content (AvgIpc) is 3.46. The zero-order valence-electron chi connectivity index (χ0n) is 14.1. The van der Waals surface area contributed by atoms with Gasteiger partial charge in [0, 0.05) is 17.4 Å². The van der Waals surface area contributed by atoms with E-state index in [4.69, 9.17) is 4.74 Å². The molecule has 1 fully saturated rings. The zero-order valence-corrected chi connectivity index (χ0v) is 15.0. The standard InChI is InChI=1S/C19H17F3N2OS/c1-25-14-6-2-12(3-7-14)8-9-26-18-15(11-23)16(19(20,21)22)10-17(24-18)13-4-5-13/h2-3,6-7,10,13H,4-5,8-9H2,1H3. The molecule has 1 saturated carbocycles. The molecule has 0 N–H and O–H groups in total. The second-order valence-corrected chi connectivity index (χ2v) is 7.19. The van der Waals surface area contributed by atoms with Gasteiger partial charge in [-0.15, -0.1) is 11.8 Å². The van der Waals surface area contributed by atoms with Crippen LogP contribution < -0.4 is 4.74 Å². The highest BCUT2D eigenvalue weighted by Crippen LogP contribution is 2.43. The Morgan fingerprint density at radius 1 is 1.27 bits per heavy atom. The Morgan fingerprint density at radius 3 is 2.50 bits per heavy atom. The van der Waals surface area contributed by atoms with Crippen molar-refractivity contribution in [3.63, 3.8) is 0 Å². The van der Waals surface area contributed by atoms with Crippen LogP contribution in [0, 0.1) is 11.3 Å². The lowest BCUT2D eigenvalue weighted by Crippen LogP contribution is -2.11. The van der Waals surface area contributed by atoms with Gasteiger partial charge in [0.1, 0.15) is 16.8 Å². The third-order valence-electron chi connectivity index (χ3n) is 4.21. The lowest BCUT2D eigenvalue weighted by molar-refractivity contribution is -0.138. The summed E-state index contributed by atoms with van der Waals surface area (Å²) in [6, 6.07) is 10.3. The number of alkyl halides is 3. The van der Waals surface area contributed by atoms with Crippen LogP contribution in [-0.4, -0.2) is 17.8 Å². The summed E-state index contributed by atoms with van der Waals surface area (Å²) in [7, 11) is 1.59. The molecule has 1 aromatic carbocycles. The maximum atomic E-state index is 13.3. The van der Waals surface area contributed by atoms with Crippen LogP contribution in [0.5, 0.6) is 5.75 Å². The fourth-order valence-corrected chi connectivity index (χ4v) is 3.62. The van der Waals surface area contributed by atoms with Crippen LogP contribution in [0.25, 0.3) is 0 Å². The molecule has 0 aliphatic heterocycles. The fourth-order valence-electron chi connectivity index (χ4n) is 2.62. The number of hydrogen-bond donors (Lipinski definition) is 0. The van der Waals surface area contributed by atoms with Gasteiger partial charge in [-0.3, -0.25) is 0 Å². The predicted molar refractivity (Wildman–Crippen MR) is 93.4 cm³/mol. The number of ether oxygens (including phenoxy) is 1. The van der Waals surface area contributed by atoms with E-state index in [0.29, 0.717) is 17.9 Å². The third kappa shape index (κ3) is 4.31. The zero-order chi connectivity index (χ0) is 18.7. The molecule has 0 atom stereocenters. The van der Waals surface area contributed by atoms with Crippen LogP contribution in [0.2, 0.25) is 0 Å². The number of aryl methyl sites for hydroxylation is 1. The largest absolute Gasteiger partial charge is 0.497 e. The Kier molecular flexibility index (Phi) is 5.42. The smallest absolute Gasteiger partial charge is 0.417 e. The van der Waals surface area contributed by atoms with E-state index in [2.05, 4.69) is 4.98 Å². The van der Waals surface area contributed by atoms with Crippen LogP contribution in [0.15, 0.2) is 35.4 Å². The summed E-state index contributed by atoms with van der Waals surface area (Å²) < 4.78 is 45.1. The summed E-state index contributed by atoms with van der Waals surface area (Å²) in [4.78, 5) is 4.36. The summed E-state index contributed by atoms with van der Waals surface area (Å²) in [5, 5.41) is 9.44. The fraction of sp³-hybridized carbons (Fsp3) is 0.368. The summed E-state index contributed by atoms with van der Waals surface area (Å²) in [5.41, 5.74) is 0.250. The number of nitriles is 1. The Morgan fingerprint density at radius 2 is 1.96 bits per heavy atom. The molecule has 0 spiro atoms. The second-order valence-electron chi connectivity index (χ2n) is 6.11. The molecule has 2 aromatic rings. The van der Waals surface area contributed by atoms with Crippen LogP contribution in [-0.2, 0) is 12.6 Å². The van der Waals surface area contributed by atoms with Gasteiger partial charge in [-0.05, 0) is 43.0 Å². The van der Waals surface area contributed by atoms with Crippen molar-refractivity contribution in [2.45, 2.75) is 36.4 Å². The summed E-state index contributed by atoms with van der Waals surface area (Å²) >= 11 is 1.20. The number of nitrogens with zero attached hydrogens (tertiary/aromatic N) is 2. The highest BCUT2D eigenvalue weighted by molar-refractivity contribution is 7.99. The van der Waals surface area contributed by atoms with Crippen molar-refractivity contribution in [3.8, 4) is 11.8 Å². The molecule has 3 rings (SSSR count). The Balaban J connectivity index is 1.79. The van der Waals surface area contributed by atoms with Gasteiger partial charge in [-0.25, -0.2) is 4.98 Å². The molecule has 1 aromatic heterocycles. The summed E-state index contributed by atoms with van der Waals surface area (Å²) in [6.07, 6.45) is -2.18. The molecule has 0 unspecified atom stereocenters. The maximum Gasteiger partial charge on any atom is 0.417 e. The first kappa shape index (κ1) is 18.6. The number of pyridine rings is 1. The third-order valence-corrected chi connectivity index (χ3v) is 5.18. The van der Waals surface area contributed by atoms with Crippen molar-refractivity contribution in [1.29, 1.82) is 5.26 Å². The van der Waals surface area contributed by atoms with Gasteiger partial charge < -0.3 is 4.74 Å². The Hall–Kier alpha value is -2.20. The van der Waals surface area contributed by atoms with Crippen LogP contribution in [0.1, 0.15) is 41.1 Å². The number of halogens is 3. The molecule has 1 aliphatic rings. The Labute approximate surface area is 154 Å². The van der Waals surface area contributed by atoms with Crippen LogP contribution in [0.4, 0.5) is 13.2 Å². The predicted octanol–water partition coefficient (Wildman–Crippen LogP) is 5.19. The Bertz CT molecular complexity index is 824. The minimum atomic E-state index is -4.55. The summed E-state index contributed by atoms with van der Waals surface area (Å²) in [5.74, 6) is 1.38. The monoisotopic (exact) mass is 378 g/mol. The van der Waals surface area contributed by atoms with E-state index >= 15 is 0 Å². The first-order chi connectivity index (χ1) is 12.4. The molecule has 1 heterocycles. The highest BCUT2D eigenvalue weighted by Gasteiger charge is 2.37. The molecule has 136 valence electrons.